The fraction of sp³-hybridized carbons (Fsp3) is 0.800. The Hall–Kier alpha value is -0.570. The maximum Gasteiger partial charge on any atom is 0.214 e. The molecule has 48 valence electrons. The van der Waals surface area contributed by atoms with Gasteiger partial charge in [-0.15, -0.1) is 0 Å². The van der Waals surface area contributed by atoms with Gasteiger partial charge in [0.1, 0.15) is 0 Å². The molecule has 3 nitrogen and oxygen atoms in total. The van der Waals surface area contributed by atoms with Gasteiger partial charge in [0, 0.05) is 5.41 Å². The molecular weight excluding hydrogens is 106 g/mol. The number of nitrogens with one attached hydrogen (secondary N) is 1. The molecule has 0 heterocycles. The number of hydrogen-bond acceptors (Lipinski definition) is 2. The summed E-state index contributed by atoms with van der Waals surface area (Å²) in [7, 11) is 0. The topological polar surface area (TPSA) is 52.2 Å². The Bertz CT molecular complexity index is 93.1. The molecule has 0 aliphatic heterocycles. The third-order valence-electron chi connectivity index (χ3n) is 0.774. The summed E-state index contributed by atoms with van der Waals surface area (Å²) in [5, 5.41) is 9.68. The van der Waals surface area contributed by atoms with E-state index in [1.54, 1.807) is 20.8 Å². The van der Waals surface area contributed by atoms with Gasteiger partial charge in [0.25, 0.3) is 0 Å². The van der Waals surface area contributed by atoms with Gasteiger partial charge in [-0.2, -0.15) is 0 Å². The Morgan fingerprint density at radius 2 is 1.88 bits per heavy atom. The second kappa shape index (κ2) is 2.13. The van der Waals surface area contributed by atoms with Gasteiger partial charge in [0.15, 0.2) is 0 Å². The first-order chi connectivity index (χ1) is 3.48. The van der Waals surface area contributed by atoms with Crippen molar-refractivity contribution in [3.63, 3.8) is 0 Å². The highest BCUT2D eigenvalue weighted by atomic mass is 16.5. The van der Waals surface area contributed by atoms with Gasteiger partial charge < -0.3 is 10.7 Å². The molecule has 0 saturated carbocycles. The zero-order valence-electron chi connectivity index (χ0n) is 5.32. The van der Waals surface area contributed by atoms with E-state index in [2.05, 4.69) is 0 Å². The molecule has 0 aromatic rings. The molecule has 0 rings (SSSR count). The van der Waals surface area contributed by atoms with Crippen LogP contribution in [-0.4, -0.2) is 5.91 Å². The first-order valence-corrected chi connectivity index (χ1v) is 2.41. The van der Waals surface area contributed by atoms with Crippen molar-refractivity contribution in [1.82, 2.24) is 5.48 Å². The average molecular weight is 116 g/mol. The van der Waals surface area contributed by atoms with Crippen LogP contribution in [0.4, 0.5) is 0 Å². The number of hydroxylamine groups is 1. The van der Waals surface area contributed by atoms with Gasteiger partial charge in [0.2, 0.25) is 5.91 Å². The minimum absolute atomic E-state index is 0.475. The van der Waals surface area contributed by atoms with Gasteiger partial charge in [-0.05, 0) is 0 Å². The maximum absolute atomic E-state index is 10.4. The number of rotatable bonds is 0. The van der Waals surface area contributed by atoms with Crippen molar-refractivity contribution in [2.45, 2.75) is 20.8 Å². The first kappa shape index (κ1) is 7.43. The largest absolute Gasteiger partial charge is 0.759 e. The quantitative estimate of drug-likeness (QED) is 0.472. The van der Waals surface area contributed by atoms with Crippen molar-refractivity contribution in [3.8, 4) is 0 Å². The normalized spacial score (nSPS) is 11.0. The van der Waals surface area contributed by atoms with Crippen molar-refractivity contribution in [2.24, 2.45) is 5.41 Å². The predicted octanol–water partition coefficient (Wildman–Crippen LogP) is 0.647. The molecular formula is C5H10NO2-. The second-order valence-electron chi connectivity index (χ2n) is 2.68. The van der Waals surface area contributed by atoms with E-state index in [0.29, 0.717) is 0 Å². The van der Waals surface area contributed by atoms with Gasteiger partial charge in [0.05, 0.1) is 0 Å². The molecule has 0 aromatic carbocycles. The molecule has 0 bridgehead atoms. The van der Waals surface area contributed by atoms with E-state index in [1.807, 2.05) is 0 Å². The van der Waals surface area contributed by atoms with Crippen LogP contribution in [0.1, 0.15) is 20.8 Å². The molecule has 0 aliphatic rings. The molecule has 0 aromatic heterocycles. The highest BCUT2D eigenvalue weighted by Gasteiger charge is 2.17. The fourth-order valence-corrected chi connectivity index (χ4v) is 0.153. The number of hydrogen-bond donors (Lipinski definition) is 1. The summed E-state index contributed by atoms with van der Waals surface area (Å²) in [4.78, 5) is 10.4. The van der Waals surface area contributed by atoms with Gasteiger partial charge in [-0.1, -0.05) is 20.8 Å². The standard InChI is InChI=1S/C5H10NO2/c1-5(2,3)4(7)6-8/h1-3H3,(H-,6,7,8)/q-1. The van der Waals surface area contributed by atoms with E-state index in [4.69, 9.17) is 0 Å². The summed E-state index contributed by atoms with van der Waals surface area (Å²) in [6.07, 6.45) is 0. The molecule has 8 heavy (non-hydrogen) atoms. The van der Waals surface area contributed by atoms with Crippen LogP contribution in [0.3, 0.4) is 0 Å². The van der Waals surface area contributed by atoms with Crippen molar-refractivity contribution in [2.75, 3.05) is 0 Å². The zero-order chi connectivity index (χ0) is 6.78. The summed E-state index contributed by atoms with van der Waals surface area (Å²) in [5.41, 5.74) is 0.762. The molecule has 0 saturated heterocycles. The van der Waals surface area contributed by atoms with Crippen molar-refractivity contribution < 1.29 is 4.79 Å². The second-order valence-corrected chi connectivity index (χ2v) is 2.68. The van der Waals surface area contributed by atoms with Crippen LogP contribution in [0.15, 0.2) is 0 Å². The number of carbonyl (C=O) groups excluding carboxylic acids is 1. The Labute approximate surface area is 48.7 Å². The van der Waals surface area contributed by atoms with E-state index in [9.17, 15) is 10.0 Å². The van der Waals surface area contributed by atoms with Gasteiger partial charge in [-0.25, -0.2) is 0 Å². The van der Waals surface area contributed by atoms with Gasteiger partial charge >= 0.3 is 0 Å². The smallest absolute Gasteiger partial charge is 0.214 e. The fourth-order valence-electron chi connectivity index (χ4n) is 0.153. The van der Waals surface area contributed by atoms with Crippen molar-refractivity contribution in [3.05, 3.63) is 5.21 Å². The van der Waals surface area contributed by atoms with E-state index in [1.165, 1.54) is 5.48 Å². The van der Waals surface area contributed by atoms with Gasteiger partial charge in [-0.3, -0.25) is 4.79 Å². The lowest BCUT2D eigenvalue weighted by atomic mass is 9.96. The van der Waals surface area contributed by atoms with Crippen LogP contribution in [0.2, 0.25) is 0 Å². The molecule has 0 fully saturated rings. The van der Waals surface area contributed by atoms with E-state index in [-0.39, 0.29) is 0 Å². The van der Waals surface area contributed by atoms with Crippen LogP contribution in [0.5, 0.6) is 0 Å². The molecule has 0 radical (unpaired) electrons. The van der Waals surface area contributed by atoms with Crippen LogP contribution in [0, 0.1) is 10.6 Å². The highest BCUT2D eigenvalue weighted by Crippen LogP contribution is 2.11. The summed E-state index contributed by atoms with van der Waals surface area (Å²) >= 11 is 0. The third kappa shape index (κ3) is 1.93. The molecule has 0 atom stereocenters. The van der Waals surface area contributed by atoms with Crippen LogP contribution >= 0.6 is 0 Å². The predicted molar refractivity (Wildman–Crippen MR) is 31.0 cm³/mol. The summed E-state index contributed by atoms with van der Waals surface area (Å²) in [6, 6.07) is 0. The minimum Gasteiger partial charge on any atom is -0.759 e. The zero-order valence-corrected chi connectivity index (χ0v) is 5.32. The number of amides is 1. The van der Waals surface area contributed by atoms with Crippen LogP contribution < -0.4 is 5.48 Å². The third-order valence-corrected chi connectivity index (χ3v) is 0.774. The molecule has 0 unspecified atom stereocenters. The Kier molecular flexibility index (Phi) is 1.98. The lowest BCUT2D eigenvalue weighted by molar-refractivity contribution is -0.127. The van der Waals surface area contributed by atoms with E-state index < -0.39 is 11.3 Å². The average Bonchev–Trinajstić information content (AvgIpc) is 1.62. The summed E-state index contributed by atoms with van der Waals surface area (Å²) < 4.78 is 0. The Morgan fingerprint density at radius 1 is 1.50 bits per heavy atom. The summed E-state index contributed by atoms with van der Waals surface area (Å²) in [6.45, 7) is 5.04. The molecule has 3 heteroatoms. The Balaban J connectivity index is 3.82. The van der Waals surface area contributed by atoms with Crippen molar-refractivity contribution >= 4 is 5.91 Å². The SMILES string of the molecule is CC(C)(C)C(=O)N[O-]. The Morgan fingerprint density at radius 3 is 1.88 bits per heavy atom. The molecule has 1 N–H and O–H groups in total. The summed E-state index contributed by atoms with van der Waals surface area (Å²) in [5.74, 6) is -0.475. The maximum atomic E-state index is 10.4. The van der Waals surface area contributed by atoms with E-state index >= 15 is 0 Å². The molecule has 0 aliphatic carbocycles. The lowest BCUT2D eigenvalue weighted by Gasteiger charge is -2.19. The minimum atomic E-state index is -0.554. The van der Waals surface area contributed by atoms with Crippen LogP contribution in [0.25, 0.3) is 0 Å². The first-order valence-electron chi connectivity index (χ1n) is 2.41. The molecule has 0 spiro atoms. The van der Waals surface area contributed by atoms with Crippen molar-refractivity contribution in [1.29, 1.82) is 0 Å². The number of carbonyl (C=O) groups is 1. The highest BCUT2D eigenvalue weighted by molar-refractivity contribution is 5.81. The monoisotopic (exact) mass is 116 g/mol. The lowest BCUT2D eigenvalue weighted by Crippen LogP contribution is -2.30. The van der Waals surface area contributed by atoms with Crippen LogP contribution in [-0.2, 0) is 4.79 Å². The van der Waals surface area contributed by atoms with E-state index in [0.717, 1.165) is 0 Å². The molecule has 1 amide bonds.